The van der Waals surface area contributed by atoms with E-state index in [4.69, 9.17) is 4.74 Å². The molecule has 2 fully saturated rings. The Hall–Kier alpha value is -6.91. The molecule has 0 saturated carbocycles. The fourth-order valence-corrected chi connectivity index (χ4v) is 10.3. The second-order valence-corrected chi connectivity index (χ2v) is 21.3. The summed E-state index contributed by atoms with van der Waals surface area (Å²) < 4.78 is 251. The predicted molar refractivity (Wildman–Crippen MR) is 242 cm³/mol. The van der Waals surface area contributed by atoms with Crippen LogP contribution in [0.5, 0.6) is 23.0 Å². The van der Waals surface area contributed by atoms with Crippen molar-refractivity contribution in [2.24, 2.45) is 0 Å². The SMILES string of the molecule is CC(C)(C)OC(=O)N1CCN(S(=O)(=O)c2ccc(OC(F)(F)F)cc2)[C@@H](C(=O)NCc2ccc(OC(F)(F)F)c(F)c2)C1.O=C(NCc1ccc(OC(F)(F)F)c(F)c1)[C@H]1CNCCN1S(=O)(=O)c1ccc(OC(F)(F)F)cc1. The van der Waals surface area contributed by atoms with Crippen LogP contribution in [0.2, 0.25) is 0 Å². The molecule has 79 heavy (non-hydrogen) atoms. The van der Waals surface area contributed by atoms with Crippen LogP contribution >= 0.6 is 0 Å². The first-order chi connectivity index (χ1) is 36.3. The van der Waals surface area contributed by atoms with Gasteiger partial charge in [0.05, 0.1) is 9.79 Å². The standard InChI is InChI=1S/C25H26F7N3O7S.C20H18F7N3O5S/c1-23(2,3)42-22(37)34-10-11-35(43(38,39)17-7-5-16(6-8-17)40-24(27,28)29)19(14-34)21(36)33-13-15-4-9-20(18(26)12-15)41-25(30,31)32;21-15-9-12(1-6-17(15)35-20(25,26)27)10-29-18(31)16-11-28-7-8-30(16)36(32,33)14-4-2-13(3-5-14)34-19(22,23)24/h4-9,12,19H,10-11,13-14H2,1-3H3,(H,33,36);1-6,9,16,28H,7-8,10-11H2,(H,29,31)/t19-;16-/m11/s1. The molecule has 2 aliphatic rings. The number of carbonyl (C=O) groups excluding carboxylic acids is 3. The van der Waals surface area contributed by atoms with Gasteiger partial charge < -0.3 is 44.5 Å². The molecule has 34 heteroatoms. The maximum absolute atomic E-state index is 14.1. The number of hydrogen-bond acceptors (Lipinski definition) is 13. The molecule has 0 radical (unpaired) electrons. The van der Waals surface area contributed by atoms with Crippen LogP contribution in [-0.4, -0.2) is 131 Å². The molecule has 4 aromatic rings. The third kappa shape index (κ3) is 18.9. The molecule has 0 spiro atoms. The first-order valence-electron chi connectivity index (χ1n) is 22.4. The number of sulfonamides is 2. The van der Waals surface area contributed by atoms with E-state index in [-0.39, 0.29) is 48.7 Å². The molecule has 0 aliphatic carbocycles. The van der Waals surface area contributed by atoms with Gasteiger partial charge in [0.15, 0.2) is 23.1 Å². The minimum atomic E-state index is -5.14. The number of alkyl halides is 12. The van der Waals surface area contributed by atoms with Gasteiger partial charge in [-0.15, -0.1) is 52.7 Å². The van der Waals surface area contributed by atoms with Crippen molar-refractivity contribution < 1.29 is 116 Å². The summed E-state index contributed by atoms with van der Waals surface area (Å²) in [7, 11) is -8.86. The molecule has 3 amide bonds. The topological polar surface area (TPSA) is 211 Å². The quantitative estimate of drug-likeness (QED) is 0.105. The molecule has 6 rings (SSSR count). The molecule has 4 aromatic carbocycles. The first kappa shape index (κ1) is 62.9. The summed E-state index contributed by atoms with van der Waals surface area (Å²) in [6.45, 7) is 2.79. The minimum Gasteiger partial charge on any atom is -0.444 e. The Balaban J connectivity index is 0.000000295. The molecule has 18 nitrogen and oxygen atoms in total. The van der Waals surface area contributed by atoms with E-state index in [1.165, 1.54) is 0 Å². The molecule has 2 atom stereocenters. The number of amides is 3. The molecule has 2 aliphatic heterocycles. The van der Waals surface area contributed by atoms with E-state index < -0.39 is 140 Å². The molecular weight excluding hydrogens is 1150 g/mol. The Morgan fingerprint density at radius 2 is 0.949 bits per heavy atom. The molecule has 436 valence electrons. The summed E-state index contributed by atoms with van der Waals surface area (Å²) in [5.74, 6) is -7.93. The highest BCUT2D eigenvalue weighted by Crippen LogP contribution is 2.31. The first-order valence-corrected chi connectivity index (χ1v) is 25.3. The second-order valence-electron chi connectivity index (χ2n) is 17.5. The number of benzene rings is 4. The van der Waals surface area contributed by atoms with Gasteiger partial charge in [-0.2, -0.15) is 8.61 Å². The van der Waals surface area contributed by atoms with Crippen LogP contribution in [0.1, 0.15) is 31.9 Å². The lowest BCUT2D eigenvalue weighted by Gasteiger charge is -2.39. The van der Waals surface area contributed by atoms with Crippen molar-refractivity contribution >= 4 is 38.0 Å². The van der Waals surface area contributed by atoms with Crippen LogP contribution in [0.4, 0.5) is 66.3 Å². The van der Waals surface area contributed by atoms with E-state index in [9.17, 15) is 92.7 Å². The molecule has 0 unspecified atom stereocenters. The lowest BCUT2D eigenvalue weighted by molar-refractivity contribution is -0.276. The summed E-state index contributed by atoms with van der Waals surface area (Å²) in [4.78, 5) is 38.9. The van der Waals surface area contributed by atoms with Gasteiger partial charge in [0.2, 0.25) is 31.9 Å². The zero-order chi connectivity index (χ0) is 59.1. The molecule has 2 heterocycles. The minimum absolute atomic E-state index is 0.00478. The van der Waals surface area contributed by atoms with E-state index in [1.807, 2.05) is 0 Å². The molecule has 3 N–H and O–H groups in total. The summed E-state index contributed by atoms with van der Waals surface area (Å²) >= 11 is 0. The van der Waals surface area contributed by atoms with Crippen LogP contribution in [0.15, 0.2) is 94.7 Å². The van der Waals surface area contributed by atoms with Gasteiger partial charge in [0, 0.05) is 52.4 Å². The summed E-state index contributed by atoms with van der Waals surface area (Å²) in [6, 6.07) is 8.76. The monoisotopic (exact) mass is 1190 g/mol. The van der Waals surface area contributed by atoms with Crippen LogP contribution in [0, 0.1) is 11.6 Å². The van der Waals surface area contributed by atoms with Crippen LogP contribution in [0.25, 0.3) is 0 Å². The lowest BCUT2D eigenvalue weighted by atomic mass is 10.1. The maximum Gasteiger partial charge on any atom is 0.573 e. The Bertz CT molecular complexity index is 3020. The molecule has 0 bridgehead atoms. The fourth-order valence-electron chi connectivity index (χ4n) is 7.19. The number of rotatable bonds is 14. The Labute approximate surface area is 439 Å². The normalized spacial score (nSPS) is 17.2. The highest BCUT2D eigenvalue weighted by molar-refractivity contribution is 7.89. The van der Waals surface area contributed by atoms with E-state index in [2.05, 4.69) is 34.9 Å². The highest BCUT2D eigenvalue weighted by Gasteiger charge is 2.43. The smallest absolute Gasteiger partial charge is 0.444 e. The Morgan fingerprint density at radius 1 is 0.557 bits per heavy atom. The Morgan fingerprint density at radius 3 is 1.33 bits per heavy atom. The van der Waals surface area contributed by atoms with E-state index in [0.29, 0.717) is 12.1 Å². The zero-order valence-corrected chi connectivity index (χ0v) is 42.4. The number of carbonyl (C=O) groups is 3. The van der Waals surface area contributed by atoms with Gasteiger partial charge in [0.25, 0.3) is 0 Å². The Kier molecular flexibility index (Phi) is 19.6. The largest absolute Gasteiger partial charge is 0.573 e. The van der Waals surface area contributed by atoms with Gasteiger partial charge >= 0.3 is 31.5 Å². The van der Waals surface area contributed by atoms with Gasteiger partial charge in [0.1, 0.15) is 29.2 Å². The number of piperazine rings is 2. The van der Waals surface area contributed by atoms with Crippen molar-refractivity contribution in [2.75, 3.05) is 39.3 Å². The van der Waals surface area contributed by atoms with E-state index in [1.54, 1.807) is 20.8 Å². The van der Waals surface area contributed by atoms with Crippen LogP contribution < -0.4 is 34.9 Å². The number of ether oxygens (including phenoxy) is 5. The zero-order valence-electron chi connectivity index (χ0n) is 40.7. The molecule has 0 aromatic heterocycles. The van der Waals surface area contributed by atoms with Crippen molar-refractivity contribution in [1.29, 1.82) is 0 Å². The van der Waals surface area contributed by atoms with Gasteiger partial charge in [-0.25, -0.2) is 30.4 Å². The summed E-state index contributed by atoms with van der Waals surface area (Å²) in [5, 5.41) is 7.60. The molecular formula is C45H44F14N6O12S2. The lowest BCUT2D eigenvalue weighted by Crippen LogP contribution is -2.61. The number of halogens is 14. The third-order valence-corrected chi connectivity index (χ3v) is 14.3. The van der Waals surface area contributed by atoms with Crippen LogP contribution in [-0.2, 0) is 47.5 Å². The van der Waals surface area contributed by atoms with E-state index >= 15 is 0 Å². The van der Waals surface area contributed by atoms with Crippen molar-refractivity contribution in [3.63, 3.8) is 0 Å². The van der Waals surface area contributed by atoms with E-state index in [0.717, 1.165) is 86.3 Å². The highest BCUT2D eigenvalue weighted by atomic mass is 32.2. The fraction of sp³-hybridized carbons (Fsp3) is 0.400. The second kappa shape index (κ2) is 24.6. The average molecular weight is 1190 g/mol. The van der Waals surface area contributed by atoms with Gasteiger partial charge in [-0.05, 0) is 105 Å². The van der Waals surface area contributed by atoms with Crippen molar-refractivity contribution in [3.8, 4) is 23.0 Å². The maximum atomic E-state index is 14.1. The molecule has 2 saturated heterocycles. The van der Waals surface area contributed by atoms with Gasteiger partial charge in [-0.1, -0.05) is 12.1 Å². The van der Waals surface area contributed by atoms with Gasteiger partial charge in [-0.3, -0.25) is 9.59 Å². The number of nitrogens with one attached hydrogen (secondary N) is 3. The average Bonchev–Trinajstić information content (AvgIpc) is 3.37. The predicted octanol–water partition coefficient (Wildman–Crippen LogP) is 7.45. The van der Waals surface area contributed by atoms with Crippen molar-refractivity contribution in [2.45, 2.75) is 86.8 Å². The van der Waals surface area contributed by atoms with Crippen LogP contribution in [0.3, 0.4) is 0 Å². The van der Waals surface area contributed by atoms with Crippen molar-refractivity contribution in [3.05, 3.63) is 108 Å². The summed E-state index contributed by atoms with van der Waals surface area (Å²) in [5.41, 5.74) is -0.853. The van der Waals surface area contributed by atoms with Crippen molar-refractivity contribution in [1.82, 2.24) is 29.5 Å². The number of nitrogens with zero attached hydrogens (tertiary/aromatic N) is 3. The summed E-state index contributed by atoms with van der Waals surface area (Å²) in [6.07, 6.45) is -21.1. The third-order valence-electron chi connectivity index (χ3n) is 10.5. The number of hydrogen-bond donors (Lipinski definition) is 3.